The molecule has 0 aromatic heterocycles. The highest BCUT2D eigenvalue weighted by atomic mass is 16.6. The number of aliphatic hydroxyl groups excluding tert-OH is 1. The van der Waals surface area contributed by atoms with E-state index in [1.807, 2.05) is 20.8 Å². The zero-order valence-electron chi connectivity index (χ0n) is 12.5. The first-order valence-electron chi connectivity index (χ1n) is 6.99. The van der Waals surface area contributed by atoms with Gasteiger partial charge < -0.3 is 19.3 Å². The molecule has 4 unspecified atom stereocenters. The van der Waals surface area contributed by atoms with Crippen LogP contribution in [-0.2, 0) is 14.2 Å². The van der Waals surface area contributed by atoms with Crippen LogP contribution in [0.2, 0.25) is 0 Å². The van der Waals surface area contributed by atoms with Crippen LogP contribution in [0.5, 0.6) is 0 Å². The van der Waals surface area contributed by atoms with Crippen LogP contribution in [0.25, 0.3) is 0 Å². The standard InChI is InChI=1S/C14H30O4/c1-6-7-11(2)18-14(5)10-17-13(4)9-16-12(3)8-15/h11-15H,6-10H2,1-5H3. The molecular weight excluding hydrogens is 232 g/mol. The second kappa shape index (κ2) is 10.7. The molecule has 0 heterocycles. The summed E-state index contributed by atoms with van der Waals surface area (Å²) in [6.45, 7) is 11.2. The van der Waals surface area contributed by atoms with Crippen LogP contribution < -0.4 is 0 Å². The van der Waals surface area contributed by atoms with Crippen molar-refractivity contribution in [3.8, 4) is 0 Å². The minimum absolute atomic E-state index is 0.0199. The lowest BCUT2D eigenvalue weighted by molar-refractivity contribution is -0.0877. The lowest BCUT2D eigenvalue weighted by Gasteiger charge is -2.21. The molecule has 0 aromatic carbocycles. The monoisotopic (exact) mass is 262 g/mol. The first-order chi connectivity index (χ1) is 8.49. The van der Waals surface area contributed by atoms with Gasteiger partial charge in [-0.2, -0.15) is 0 Å². The summed E-state index contributed by atoms with van der Waals surface area (Å²) in [5, 5.41) is 8.83. The van der Waals surface area contributed by atoms with E-state index in [0.29, 0.717) is 13.2 Å². The Balaban J connectivity index is 3.61. The van der Waals surface area contributed by atoms with E-state index in [1.54, 1.807) is 0 Å². The molecule has 0 aliphatic rings. The highest BCUT2D eigenvalue weighted by Crippen LogP contribution is 2.06. The second-order valence-electron chi connectivity index (χ2n) is 5.02. The molecule has 4 nitrogen and oxygen atoms in total. The number of rotatable bonds is 11. The number of ether oxygens (including phenoxy) is 3. The van der Waals surface area contributed by atoms with Crippen molar-refractivity contribution in [3.63, 3.8) is 0 Å². The van der Waals surface area contributed by atoms with Gasteiger partial charge in [-0.15, -0.1) is 0 Å². The van der Waals surface area contributed by atoms with Crippen LogP contribution in [0.4, 0.5) is 0 Å². The lowest BCUT2D eigenvalue weighted by Crippen LogP contribution is -2.27. The minimum atomic E-state index is -0.130. The molecule has 0 rings (SSSR count). The molecule has 0 saturated carbocycles. The van der Waals surface area contributed by atoms with Crippen LogP contribution in [0, 0.1) is 0 Å². The van der Waals surface area contributed by atoms with E-state index in [2.05, 4.69) is 13.8 Å². The molecule has 0 fully saturated rings. The smallest absolute Gasteiger partial charge is 0.0784 e. The molecule has 0 amide bonds. The van der Waals surface area contributed by atoms with Crippen molar-refractivity contribution in [3.05, 3.63) is 0 Å². The third-order valence-electron chi connectivity index (χ3n) is 2.65. The second-order valence-corrected chi connectivity index (χ2v) is 5.02. The Morgan fingerprint density at radius 3 is 1.94 bits per heavy atom. The summed E-state index contributed by atoms with van der Waals surface area (Å²) in [4.78, 5) is 0. The van der Waals surface area contributed by atoms with Crippen LogP contribution in [0.1, 0.15) is 47.5 Å². The van der Waals surface area contributed by atoms with Crippen LogP contribution in [0.3, 0.4) is 0 Å². The molecule has 0 spiro atoms. The Labute approximate surface area is 112 Å². The maximum atomic E-state index is 8.83. The van der Waals surface area contributed by atoms with Crippen molar-refractivity contribution >= 4 is 0 Å². The highest BCUT2D eigenvalue weighted by Gasteiger charge is 2.11. The van der Waals surface area contributed by atoms with E-state index in [-0.39, 0.29) is 31.0 Å². The molecule has 0 bridgehead atoms. The fraction of sp³-hybridized carbons (Fsp3) is 1.00. The average Bonchev–Trinajstić information content (AvgIpc) is 2.33. The molecule has 4 heteroatoms. The van der Waals surface area contributed by atoms with Crippen molar-refractivity contribution in [2.45, 2.75) is 71.9 Å². The maximum absolute atomic E-state index is 8.83. The Kier molecular flexibility index (Phi) is 10.6. The predicted molar refractivity (Wildman–Crippen MR) is 72.8 cm³/mol. The molecule has 0 aromatic rings. The molecular formula is C14H30O4. The van der Waals surface area contributed by atoms with E-state index in [4.69, 9.17) is 19.3 Å². The zero-order valence-corrected chi connectivity index (χ0v) is 12.5. The van der Waals surface area contributed by atoms with E-state index >= 15 is 0 Å². The molecule has 0 aliphatic heterocycles. The Morgan fingerprint density at radius 1 is 0.833 bits per heavy atom. The summed E-state index contributed by atoms with van der Waals surface area (Å²) in [6.07, 6.45) is 2.49. The highest BCUT2D eigenvalue weighted by molar-refractivity contribution is 4.57. The van der Waals surface area contributed by atoms with Crippen LogP contribution >= 0.6 is 0 Å². The third kappa shape index (κ3) is 9.83. The first-order valence-corrected chi connectivity index (χ1v) is 6.99. The third-order valence-corrected chi connectivity index (χ3v) is 2.65. The molecule has 110 valence electrons. The summed E-state index contributed by atoms with van der Waals surface area (Å²) in [6, 6.07) is 0. The lowest BCUT2D eigenvalue weighted by atomic mass is 10.2. The van der Waals surface area contributed by atoms with Crippen molar-refractivity contribution < 1.29 is 19.3 Å². The number of hydrogen-bond acceptors (Lipinski definition) is 4. The van der Waals surface area contributed by atoms with Gasteiger partial charge in [0.15, 0.2) is 0 Å². The van der Waals surface area contributed by atoms with Crippen molar-refractivity contribution in [2.24, 2.45) is 0 Å². The van der Waals surface area contributed by atoms with E-state index in [9.17, 15) is 0 Å². The molecule has 0 radical (unpaired) electrons. The van der Waals surface area contributed by atoms with E-state index in [1.165, 1.54) is 0 Å². The molecule has 4 atom stereocenters. The van der Waals surface area contributed by atoms with Crippen LogP contribution in [0.15, 0.2) is 0 Å². The van der Waals surface area contributed by atoms with Gasteiger partial charge in [-0.25, -0.2) is 0 Å². The van der Waals surface area contributed by atoms with Gasteiger partial charge in [0.05, 0.1) is 44.2 Å². The Bertz CT molecular complexity index is 187. The van der Waals surface area contributed by atoms with E-state index in [0.717, 1.165) is 12.8 Å². The molecule has 18 heavy (non-hydrogen) atoms. The molecule has 0 saturated heterocycles. The Morgan fingerprint density at radius 2 is 1.39 bits per heavy atom. The van der Waals surface area contributed by atoms with Gasteiger partial charge >= 0.3 is 0 Å². The Hall–Kier alpha value is -0.160. The van der Waals surface area contributed by atoms with Gasteiger partial charge in [-0.3, -0.25) is 0 Å². The largest absolute Gasteiger partial charge is 0.394 e. The van der Waals surface area contributed by atoms with Gasteiger partial charge in [0.1, 0.15) is 0 Å². The van der Waals surface area contributed by atoms with E-state index < -0.39 is 0 Å². The molecule has 1 N–H and O–H groups in total. The normalized spacial score (nSPS) is 18.3. The van der Waals surface area contributed by atoms with Gasteiger partial charge in [0.2, 0.25) is 0 Å². The quantitative estimate of drug-likeness (QED) is 0.621. The van der Waals surface area contributed by atoms with Gasteiger partial charge in [-0.1, -0.05) is 13.3 Å². The van der Waals surface area contributed by atoms with Gasteiger partial charge in [0, 0.05) is 0 Å². The number of aliphatic hydroxyl groups is 1. The van der Waals surface area contributed by atoms with Gasteiger partial charge in [0.25, 0.3) is 0 Å². The minimum Gasteiger partial charge on any atom is -0.394 e. The summed E-state index contributed by atoms with van der Waals surface area (Å²) in [5.74, 6) is 0. The summed E-state index contributed by atoms with van der Waals surface area (Å²) < 4.78 is 16.8. The zero-order chi connectivity index (χ0) is 14.0. The average molecular weight is 262 g/mol. The fourth-order valence-electron chi connectivity index (χ4n) is 1.61. The SMILES string of the molecule is CCCC(C)OC(C)COC(C)COC(C)CO. The fourth-order valence-corrected chi connectivity index (χ4v) is 1.61. The van der Waals surface area contributed by atoms with Crippen molar-refractivity contribution in [1.29, 1.82) is 0 Å². The molecule has 0 aliphatic carbocycles. The van der Waals surface area contributed by atoms with Gasteiger partial charge in [-0.05, 0) is 34.1 Å². The summed E-state index contributed by atoms with van der Waals surface area (Å²) in [7, 11) is 0. The van der Waals surface area contributed by atoms with Crippen molar-refractivity contribution in [1.82, 2.24) is 0 Å². The predicted octanol–water partition coefficient (Wildman–Crippen LogP) is 2.38. The maximum Gasteiger partial charge on any atom is 0.0784 e. The number of hydrogen-bond donors (Lipinski definition) is 1. The van der Waals surface area contributed by atoms with Crippen molar-refractivity contribution in [2.75, 3.05) is 19.8 Å². The topological polar surface area (TPSA) is 47.9 Å². The first kappa shape index (κ1) is 17.8. The summed E-state index contributed by atoms with van der Waals surface area (Å²) in [5.41, 5.74) is 0. The summed E-state index contributed by atoms with van der Waals surface area (Å²) >= 11 is 0. The van der Waals surface area contributed by atoms with Crippen LogP contribution in [-0.4, -0.2) is 49.3 Å².